The number of aryl methyl sites for hydroxylation is 1. The van der Waals surface area contributed by atoms with Crippen LogP contribution in [0.4, 0.5) is 5.95 Å². The number of aromatic nitrogens is 2. The van der Waals surface area contributed by atoms with Crippen LogP contribution in [-0.2, 0) is 0 Å². The molecule has 0 aliphatic heterocycles. The molecule has 0 fully saturated rings. The average Bonchev–Trinajstić information content (AvgIpc) is 2.37. The number of nitrogens with zero attached hydrogens (tertiary/aromatic N) is 2. The van der Waals surface area contributed by atoms with Crippen molar-refractivity contribution < 1.29 is 0 Å². The molecule has 0 saturated heterocycles. The molecule has 3 nitrogen and oxygen atoms in total. The van der Waals surface area contributed by atoms with E-state index < -0.39 is 0 Å². The van der Waals surface area contributed by atoms with Gasteiger partial charge in [0.2, 0.25) is 5.95 Å². The van der Waals surface area contributed by atoms with Gasteiger partial charge in [-0.05, 0) is 31.5 Å². The lowest BCUT2D eigenvalue weighted by molar-refractivity contribution is 0.924. The molecule has 2 rings (SSSR count). The minimum Gasteiger partial charge on any atom is -0.354 e. The number of benzene rings is 1. The number of anilines is 1. The molecule has 0 aliphatic rings. The van der Waals surface area contributed by atoms with Gasteiger partial charge < -0.3 is 5.32 Å². The first-order valence-electron chi connectivity index (χ1n) is 6.10. The summed E-state index contributed by atoms with van der Waals surface area (Å²) in [4.78, 5) is 10.1. The van der Waals surface area contributed by atoms with Crippen LogP contribution >= 0.6 is 11.8 Å². The molecule has 0 amide bonds. The summed E-state index contributed by atoms with van der Waals surface area (Å²) < 4.78 is 0. The van der Waals surface area contributed by atoms with Crippen molar-refractivity contribution in [2.24, 2.45) is 0 Å². The van der Waals surface area contributed by atoms with Crippen LogP contribution in [0.2, 0.25) is 0 Å². The van der Waals surface area contributed by atoms with Crippen LogP contribution in [0.5, 0.6) is 0 Å². The largest absolute Gasteiger partial charge is 0.354 e. The van der Waals surface area contributed by atoms with Gasteiger partial charge in [0.05, 0.1) is 0 Å². The highest BCUT2D eigenvalue weighted by molar-refractivity contribution is 7.99. The first-order valence-corrected chi connectivity index (χ1v) is 6.92. The first-order chi connectivity index (χ1) is 8.78. The second-order valence-corrected chi connectivity index (χ2v) is 5.11. The molecule has 0 bridgehead atoms. The minimum atomic E-state index is 0.718. The normalized spacial score (nSPS) is 10.3. The molecular formula is C14H17N3S. The zero-order chi connectivity index (χ0) is 12.8. The first kappa shape index (κ1) is 12.9. The van der Waals surface area contributed by atoms with E-state index in [9.17, 15) is 0 Å². The minimum absolute atomic E-state index is 0.718. The second kappa shape index (κ2) is 6.40. The summed E-state index contributed by atoms with van der Waals surface area (Å²) in [6, 6.07) is 12.3. The summed E-state index contributed by atoms with van der Waals surface area (Å²) in [5.41, 5.74) is 0.988. The van der Waals surface area contributed by atoms with Crippen LogP contribution in [0.3, 0.4) is 0 Å². The molecule has 1 aromatic carbocycles. The van der Waals surface area contributed by atoms with Gasteiger partial charge in [0, 0.05) is 17.1 Å². The van der Waals surface area contributed by atoms with Gasteiger partial charge in [-0.1, -0.05) is 36.9 Å². The van der Waals surface area contributed by atoms with E-state index >= 15 is 0 Å². The molecule has 2 aromatic rings. The Hall–Kier alpha value is -1.55. The van der Waals surface area contributed by atoms with Gasteiger partial charge in [-0.2, -0.15) is 0 Å². The maximum absolute atomic E-state index is 4.51. The Balaban J connectivity index is 2.15. The molecule has 0 atom stereocenters. The van der Waals surface area contributed by atoms with Gasteiger partial charge in [-0.3, -0.25) is 0 Å². The summed E-state index contributed by atoms with van der Waals surface area (Å²) in [5.74, 6) is 0.718. The SMILES string of the molecule is CCCNc1nc(C)cc(Sc2ccccc2)n1. The quantitative estimate of drug-likeness (QED) is 0.830. The third-order valence-electron chi connectivity index (χ3n) is 2.33. The lowest BCUT2D eigenvalue weighted by Gasteiger charge is -2.07. The van der Waals surface area contributed by atoms with Crippen LogP contribution < -0.4 is 5.32 Å². The standard InChI is InChI=1S/C14H17N3S/c1-3-9-15-14-16-11(2)10-13(17-14)18-12-7-5-4-6-8-12/h4-8,10H,3,9H2,1-2H3,(H,15,16,17). The fraction of sp³-hybridized carbons (Fsp3) is 0.286. The van der Waals surface area contributed by atoms with Crippen molar-refractivity contribution in [2.45, 2.75) is 30.2 Å². The molecule has 1 aromatic heterocycles. The van der Waals surface area contributed by atoms with E-state index in [0.717, 1.165) is 29.6 Å². The lowest BCUT2D eigenvalue weighted by Crippen LogP contribution is -2.05. The summed E-state index contributed by atoms with van der Waals surface area (Å²) in [7, 11) is 0. The fourth-order valence-corrected chi connectivity index (χ4v) is 2.41. The lowest BCUT2D eigenvalue weighted by atomic mass is 10.4. The Kier molecular flexibility index (Phi) is 4.59. The third kappa shape index (κ3) is 3.74. The zero-order valence-corrected chi connectivity index (χ0v) is 11.5. The number of nitrogens with one attached hydrogen (secondary N) is 1. The van der Waals surface area contributed by atoms with Crippen molar-refractivity contribution >= 4 is 17.7 Å². The van der Waals surface area contributed by atoms with E-state index in [4.69, 9.17) is 0 Å². The number of hydrogen-bond acceptors (Lipinski definition) is 4. The summed E-state index contributed by atoms with van der Waals surface area (Å²) in [5, 5.41) is 4.20. The predicted octanol–water partition coefficient (Wildman–Crippen LogP) is 3.76. The maximum atomic E-state index is 4.51. The average molecular weight is 259 g/mol. The Morgan fingerprint density at radius 3 is 2.67 bits per heavy atom. The highest BCUT2D eigenvalue weighted by atomic mass is 32.2. The van der Waals surface area contributed by atoms with E-state index in [2.05, 4.69) is 34.3 Å². The van der Waals surface area contributed by atoms with Gasteiger partial charge in [-0.15, -0.1) is 0 Å². The summed E-state index contributed by atoms with van der Waals surface area (Å²) in [6.45, 7) is 5.02. The molecule has 18 heavy (non-hydrogen) atoms. The van der Waals surface area contributed by atoms with Gasteiger partial charge >= 0.3 is 0 Å². The second-order valence-electron chi connectivity index (χ2n) is 4.01. The van der Waals surface area contributed by atoms with E-state index in [1.165, 1.54) is 4.90 Å². The van der Waals surface area contributed by atoms with Crippen LogP contribution in [0, 0.1) is 6.92 Å². The number of hydrogen-bond donors (Lipinski definition) is 1. The Morgan fingerprint density at radius 1 is 1.17 bits per heavy atom. The molecule has 4 heteroatoms. The van der Waals surface area contributed by atoms with Gasteiger partial charge in [0.15, 0.2) is 0 Å². The zero-order valence-electron chi connectivity index (χ0n) is 10.7. The van der Waals surface area contributed by atoms with Gasteiger partial charge in [0.1, 0.15) is 5.03 Å². The van der Waals surface area contributed by atoms with Gasteiger partial charge in [-0.25, -0.2) is 9.97 Å². The summed E-state index contributed by atoms with van der Waals surface area (Å²) >= 11 is 1.66. The van der Waals surface area contributed by atoms with Crippen molar-refractivity contribution in [1.29, 1.82) is 0 Å². The molecule has 1 N–H and O–H groups in total. The molecule has 0 saturated carbocycles. The van der Waals surface area contributed by atoms with Gasteiger partial charge in [0.25, 0.3) is 0 Å². The van der Waals surface area contributed by atoms with Crippen molar-refractivity contribution in [2.75, 3.05) is 11.9 Å². The Morgan fingerprint density at radius 2 is 1.94 bits per heavy atom. The van der Waals surface area contributed by atoms with Crippen molar-refractivity contribution in [3.05, 3.63) is 42.1 Å². The van der Waals surface area contributed by atoms with Crippen LogP contribution in [0.25, 0.3) is 0 Å². The Labute approximate surface area is 112 Å². The molecule has 0 aliphatic carbocycles. The molecule has 0 radical (unpaired) electrons. The van der Waals surface area contributed by atoms with E-state index in [1.54, 1.807) is 11.8 Å². The van der Waals surface area contributed by atoms with Crippen molar-refractivity contribution in [3.8, 4) is 0 Å². The topological polar surface area (TPSA) is 37.8 Å². The van der Waals surface area contributed by atoms with Crippen LogP contribution in [0.1, 0.15) is 19.0 Å². The molecule has 1 heterocycles. The number of rotatable bonds is 5. The van der Waals surface area contributed by atoms with E-state index in [1.807, 2.05) is 31.2 Å². The van der Waals surface area contributed by atoms with Crippen molar-refractivity contribution in [3.63, 3.8) is 0 Å². The molecule has 94 valence electrons. The molecule has 0 spiro atoms. The maximum Gasteiger partial charge on any atom is 0.223 e. The van der Waals surface area contributed by atoms with E-state index in [-0.39, 0.29) is 0 Å². The third-order valence-corrected chi connectivity index (χ3v) is 3.26. The molecule has 0 unspecified atom stereocenters. The van der Waals surface area contributed by atoms with Crippen molar-refractivity contribution in [1.82, 2.24) is 9.97 Å². The fourth-order valence-electron chi connectivity index (χ4n) is 1.52. The summed E-state index contributed by atoms with van der Waals surface area (Å²) in [6.07, 6.45) is 1.07. The predicted molar refractivity (Wildman–Crippen MR) is 76.1 cm³/mol. The highest BCUT2D eigenvalue weighted by Gasteiger charge is 2.03. The highest BCUT2D eigenvalue weighted by Crippen LogP contribution is 2.26. The Bertz CT molecular complexity index is 500. The van der Waals surface area contributed by atoms with Crippen LogP contribution in [-0.4, -0.2) is 16.5 Å². The molecular weight excluding hydrogens is 242 g/mol. The monoisotopic (exact) mass is 259 g/mol. The van der Waals surface area contributed by atoms with E-state index in [0.29, 0.717) is 0 Å². The van der Waals surface area contributed by atoms with Crippen LogP contribution in [0.15, 0.2) is 46.3 Å². The smallest absolute Gasteiger partial charge is 0.223 e.